The summed E-state index contributed by atoms with van der Waals surface area (Å²) in [5.41, 5.74) is 2.50. The second-order valence-electron chi connectivity index (χ2n) is 6.82. The highest BCUT2D eigenvalue weighted by molar-refractivity contribution is 7.18. The Morgan fingerprint density at radius 1 is 1.30 bits per heavy atom. The molecule has 1 amide bonds. The third-order valence-electron chi connectivity index (χ3n) is 4.76. The molecule has 0 atom stereocenters. The lowest BCUT2D eigenvalue weighted by Gasteiger charge is -2.31. The number of aromatic nitrogens is 3. The lowest BCUT2D eigenvalue weighted by molar-refractivity contribution is 0.156. The van der Waals surface area contributed by atoms with E-state index in [9.17, 15) is 4.79 Å². The van der Waals surface area contributed by atoms with Crippen molar-refractivity contribution in [3.63, 3.8) is 0 Å². The van der Waals surface area contributed by atoms with Crippen LogP contribution in [-0.2, 0) is 17.9 Å². The molecular formula is C21H19N5O3S. The summed E-state index contributed by atoms with van der Waals surface area (Å²) < 4.78 is 11.1. The molecule has 0 radical (unpaired) electrons. The van der Waals surface area contributed by atoms with Crippen LogP contribution in [0.5, 0.6) is 5.75 Å². The van der Waals surface area contributed by atoms with E-state index < -0.39 is 6.09 Å². The van der Waals surface area contributed by atoms with Gasteiger partial charge in [0.05, 0.1) is 30.8 Å². The average molecular weight is 421 g/mol. The minimum Gasteiger partial charge on any atom is -0.490 e. The molecule has 4 heterocycles. The maximum absolute atomic E-state index is 12.3. The van der Waals surface area contributed by atoms with Gasteiger partial charge in [0.25, 0.3) is 0 Å². The number of amides is 1. The minimum atomic E-state index is -0.504. The van der Waals surface area contributed by atoms with Gasteiger partial charge in [-0.3, -0.25) is 5.32 Å². The number of aromatic amines is 1. The van der Waals surface area contributed by atoms with Crippen LogP contribution >= 0.6 is 11.3 Å². The number of nitrogens with one attached hydrogen (secondary N) is 2. The smallest absolute Gasteiger partial charge is 0.411 e. The number of carbonyl (C=O) groups excluding carboxylic acids is 1. The molecule has 1 aliphatic rings. The molecule has 1 aliphatic heterocycles. The summed E-state index contributed by atoms with van der Waals surface area (Å²) in [5.74, 6) is 0.786. The van der Waals surface area contributed by atoms with E-state index in [0.717, 1.165) is 38.8 Å². The van der Waals surface area contributed by atoms with Crippen LogP contribution in [-0.4, -0.2) is 34.2 Å². The van der Waals surface area contributed by atoms with E-state index in [1.54, 1.807) is 12.5 Å². The van der Waals surface area contributed by atoms with Crippen LogP contribution in [0.4, 0.5) is 16.2 Å². The standard InChI is InChI=1S/C21H19N5O3S/c27-21(29-12-17-8-14-2-1-5-23-20(14)30-17)25-15-3-4-19-18(9-15)26(6-7-28-19)11-16-10-22-13-24-16/h1-5,8-10,13H,6-7,11-12H2,(H,22,24)(H,25,27). The van der Waals surface area contributed by atoms with Crippen LogP contribution in [0.3, 0.4) is 0 Å². The highest BCUT2D eigenvalue weighted by atomic mass is 32.1. The van der Waals surface area contributed by atoms with Crippen LogP contribution in [0.2, 0.25) is 0 Å². The summed E-state index contributed by atoms with van der Waals surface area (Å²) in [6.07, 6.45) is 4.79. The molecule has 0 bridgehead atoms. The van der Waals surface area contributed by atoms with Gasteiger partial charge >= 0.3 is 6.09 Å². The molecule has 152 valence electrons. The molecule has 30 heavy (non-hydrogen) atoms. The largest absolute Gasteiger partial charge is 0.490 e. The molecule has 9 heteroatoms. The predicted molar refractivity (Wildman–Crippen MR) is 115 cm³/mol. The lowest BCUT2D eigenvalue weighted by atomic mass is 10.2. The highest BCUT2D eigenvalue weighted by Gasteiger charge is 2.20. The summed E-state index contributed by atoms with van der Waals surface area (Å²) in [7, 11) is 0. The maximum atomic E-state index is 12.3. The van der Waals surface area contributed by atoms with Crippen LogP contribution in [0.1, 0.15) is 10.6 Å². The van der Waals surface area contributed by atoms with Crippen molar-refractivity contribution in [2.45, 2.75) is 13.2 Å². The van der Waals surface area contributed by atoms with Crippen molar-refractivity contribution in [1.29, 1.82) is 0 Å². The average Bonchev–Trinajstić information content (AvgIpc) is 3.42. The van der Waals surface area contributed by atoms with Crippen LogP contribution in [0.15, 0.2) is 55.1 Å². The fraction of sp³-hybridized carbons (Fsp3) is 0.190. The minimum absolute atomic E-state index is 0.201. The Hall–Kier alpha value is -3.59. The number of benzene rings is 1. The van der Waals surface area contributed by atoms with Crippen molar-refractivity contribution >= 4 is 39.0 Å². The van der Waals surface area contributed by atoms with E-state index in [1.807, 2.05) is 42.6 Å². The number of imidazole rings is 1. The number of H-pyrrole nitrogens is 1. The van der Waals surface area contributed by atoms with Gasteiger partial charge in [-0.2, -0.15) is 0 Å². The molecule has 1 aromatic carbocycles. The van der Waals surface area contributed by atoms with Crippen molar-refractivity contribution in [3.05, 3.63) is 65.7 Å². The number of thiophene rings is 1. The summed E-state index contributed by atoms with van der Waals surface area (Å²) in [6.45, 7) is 2.21. The second-order valence-corrected chi connectivity index (χ2v) is 7.94. The molecule has 0 saturated heterocycles. The number of carbonyl (C=O) groups is 1. The molecule has 2 N–H and O–H groups in total. The molecular weight excluding hydrogens is 402 g/mol. The molecule has 3 aromatic heterocycles. The van der Waals surface area contributed by atoms with Gasteiger partial charge < -0.3 is 19.4 Å². The van der Waals surface area contributed by atoms with Crippen molar-refractivity contribution in [1.82, 2.24) is 15.0 Å². The van der Waals surface area contributed by atoms with Crippen LogP contribution in [0, 0.1) is 0 Å². The Morgan fingerprint density at radius 2 is 2.27 bits per heavy atom. The van der Waals surface area contributed by atoms with Gasteiger partial charge in [0.15, 0.2) is 0 Å². The summed E-state index contributed by atoms with van der Waals surface area (Å²) in [5, 5.41) is 3.85. The lowest BCUT2D eigenvalue weighted by Crippen LogP contribution is -2.32. The Kier molecular flexibility index (Phi) is 4.94. The van der Waals surface area contributed by atoms with Crippen LogP contribution < -0.4 is 15.0 Å². The first kappa shape index (κ1) is 18.4. The number of rotatable bonds is 5. The van der Waals surface area contributed by atoms with E-state index in [-0.39, 0.29) is 6.61 Å². The molecule has 0 unspecified atom stereocenters. The van der Waals surface area contributed by atoms with Crippen molar-refractivity contribution in [2.75, 3.05) is 23.4 Å². The molecule has 4 aromatic rings. The molecule has 0 aliphatic carbocycles. The Bertz CT molecular complexity index is 1140. The Balaban J connectivity index is 1.25. The first-order chi connectivity index (χ1) is 14.7. The maximum Gasteiger partial charge on any atom is 0.411 e. The van der Waals surface area contributed by atoms with E-state index in [1.165, 1.54) is 11.3 Å². The van der Waals surface area contributed by atoms with Crippen LogP contribution in [0.25, 0.3) is 10.2 Å². The molecule has 0 spiro atoms. The zero-order valence-electron chi connectivity index (χ0n) is 16.0. The first-order valence-electron chi connectivity index (χ1n) is 9.51. The molecule has 8 nitrogen and oxygen atoms in total. The summed E-state index contributed by atoms with van der Waals surface area (Å²) in [4.78, 5) is 27.9. The van der Waals surface area contributed by atoms with Gasteiger partial charge in [-0.15, -0.1) is 11.3 Å². The topological polar surface area (TPSA) is 92.4 Å². The molecule has 0 fully saturated rings. The monoisotopic (exact) mass is 421 g/mol. The fourth-order valence-corrected chi connectivity index (χ4v) is 4.29. The number of nitrogens with zero attached hydrogens (tertiary/aromatic N) is 3. The Labute approximate surface area is 176 Å². The van der Waals surface area contributed by atoms with Gasteiger partial charge in [0, 0.05) is 28.3 Å². The molecule has 5 rings (SSSR count). The normalized spacial score (nSPS) is 13.0. The van der Waals surface area contributed by atoms with E-state index in [0.29, 0.717) is 18.8 Å². The third-order valence-corrected chi connectivity index (χ3v) is 5.80. The van der Waals surface area contributed by atoms with Crippen molar-refractivity contribution in [3.8, 4) is 5.75 Å². The number of fused-ring (bicyclic) bond motifs is 2. The van der Waals surface area contributed by atoms with Gasteiger partial charge in [0.1, 0.15) is 23.8 Å². The zero-order valence-corrected chi connectivity index (χ0v) is 16.8. The van der Waals surface area contributed by atoms with Gasteiger partial charge in [0.2, 0.25) is 0 Å². The van der Waals surface area contributed by atoms with E-state index in [4.69, 9.17) is 9.47 Å². The number of hydrogen-bond donors (Lipinski definition) is 2. The third kappa shape index (κ3) is 3.92. The van der Waals surface area contributed by atoms with E-state index in [2.05, 4.69) is 25.2 Å². The van der Waals surface area contributed by atoms with Crippen molar-refractivity contribution < 1.29 is 14.3 Å². The SMILES string of the molecule is O=C(Nc1ccc2c(c1)N(Cc1c[nH]cn1)CCO2)OCc1cc2cccnc2s1. The second kappa shape index (κ2) is 8.03. The number of anilines is 2. The fourth-order valence-electron chi connectivity index (χ4n) is 3.37. The summed E-state index contributed by atoms with van der Waals surface area (Å²) >= 11 is 1.52. The number of ether oxygens (including phenoxy) is 2. The number of hydrogen-bond acceptors (Lipinski definition) is 7. The Morgan fingerprint density at radius 3 is 3.13 bits per heavy atom. The summed E-state index contributed by atoms with van der Waals surface area (Å²) in [6, 6.07) is 11.4. The number of pyridine rings is 1. The highest BCUT2D eigenvalue weighted by Crippen LogP contribution is 2.35. The van der Waals surface area contributed by atoms with E-state index >= 15 is 0 Å². The zero-order chi connectivity index (χ0) is 20.3. The van der Waals surface area contributed by atoms with Gasteiger partial charge in [-0.1, -0.05) is 6.07 Å². The van der Waals surface area contributed by atoms with Gasteiger partial charge in [-0.05, 0) is 30.3 Å². The first-order valence-corrected chi connectivity index (χ1v) is 10.3. The quantitative estimate of drug-likeness (QED) is 0.503. The predicted octanol–water partition coefficient (Wildman–Crippen LogP) is 4.17. The molecule has 0 saturated carbocycles. The van der Waals surface area contributed by atoms with Crippen molar-refractivity contribution in [2.24, 2.45) is 0 Å². The van der Waals surface area contributed by atoms with Gasteiger partial charge in [-0.25, -0.2) is 14.8 Å².